The van der Waals surface area contributed by atoms with Crippen molar-refractivity contribution in [3.63, 3.8) is 0 Å². The molecule has 1 aliphatic heterocycles. The molecule has 23 heavy (non-hydrogen) atoms. The summed E-state index contributed by atoms with van der Waals surface area (Å²) in [7, 11) is 0. The van der Waals surface area contributed by atoms with Gasteiger partial charge < -0.3 is 4.90 Å². The molecule has 1 amide bonds. The fourth-order valence-corrected chi connectivity index (χ4v) is 3.57. The predicted molar refractivity (Wildman–Crippen MR) is 91.9 cm³/mol. The maximum absolute atomic E-state index is 12.6. The van der Waals surface area contributed by atoms with Gasteiger partial charge in [-0.25, -0.2) is 4.98 Å². The lowest BCUT2D eigenvalue weighted by molar-refractivity contribution is 0.0761. The molecule has 0 aliphatic carbocycles. The molecule has 5 nitrogen and oxygen atoms in total. The zero-order chi connectivity index (χ0) is 16.2. The van der Waals surface area contributed by atoms with Crippen molar-refractivity contribution < 1.29 is 4.79 Å². The molecule has 0 aromatic carbocycles. The Bertz CT molecular complexity index is 690. The van der Waals surface area contributed by atoms with E-state index in [1.165, 1.54) is 6.20 Å². The summed E-state index contributed by atoms with van der Waals surface area (Å²) < 4.78 is 0. The van der Waals surface area contributed by atoms with Gasteiger partial charge in [0.2, 0.25) is 0 Å². The molecule has 1 fully saturated rings. The number of amides is 1. The quantitative estimate of drug-likeness (QED) is 0.854. The summed E-state index contributed by atoms with van der Waals surface area (Å²) >= 11 is 7.77. The molecule has 3 rings (SSSR count). The first-order valence-corrected chi connectivity index (χ1v) is 8.91. The number of aromatic nitrogens is 2. The van der Waals surface area contributed by atoms with E-state index in [1.54, 1.807) is 23.6 Å². The van der Waals surface area contributed by atoms with Crippen LogP contribution in [0.25, 0.3) is 0 Å². The van der Waals surface area contributed by atoms with Crippen molar-refractivity contribution in [3.05, 3.63) is 45.1 Å². The van der Waals surface area contributed by atoms with Crippen LogP contribution in [0.4, 0.5) is 0 Å². The predicted octanol–water partition coefficient (Wildman–Crippen LogP) is 2.85. The van der Waals surface area contributed by atoms with Gasteiger partial charge in [0.25, 0.3) is 5.91 Å². The summed E-state index contributed by atoms with van der Waals surface area (Å²) in [4.78, 5) is 25.3. The second-order valence-corrected chi connectivity index (χ2v) is 7.10. The third-order valence-electron chi connectivity index (χ3n) is 3.93. The molecule has 0 radical (unpaired) electrons. The first kappa shape index (κ1) is 16.4. The van der Waals surface area contributed by atoms with Crippen LogP contribution < -0.4 is 0 Å². The Kier molecular flexibility index (Phi) is 5.25. The molecule has 1 aliphatic rings. The maximum atomic E-state index is 12.6. The van der Waals surface area contributed by atoms with Crippen LogP contribution in [0.5, 0.6) is 0 Å². The Hall–Kier alpha value is -1.50. The highest BCUT2D eigenvalue weighted by molar-refractivity contribution is 7.09. The number of pyridine rings is 1. The second-order valence-electron chi connectivity index (χ2n) is 5.64. The number of aryl methyl sites for hydroxylation is 1. The first-order chi connectivity index (χ1) is 11.1. The zero-order valence-electron chi connectivity index (χ0n) is 13.0. The van der Waals surface area contributed by atoms with Crippen LogP contribution in [0.1, 0.15) is 27.5 Å². The minimum absolute atomic E-state index is 0.0104. The van der Waals surface area contributed by atoms with Crippen LogP contribution in [-0.2, 0) is 6.54 Å². The monoisotopic (exact) mass is 350 g/mol. The fourth-order valence-electron chi connectivity index (χ4n) is 2.76. The molecule has 7 heteroatoms. The number of carbonyl (C=O) groups is 1. The minimum atomic E-state index is -0.0104. The topological polar surface area (TPSA) is 49.3 Å². The molecule has 0 spiro atoms. The van der Waals surface area contributed by atoms with Gasteiger partial charge in [0.05, 0.1) is 21.3 Å². The summed E-state index contributed by atoms with van der Waals surface area (Å²) in [5, 5.41) is 3.62. The van der Waals surface area contributed by atoms with Crippen LogP contribution in [0.15, 0.2) is 23.8 Å². The van der Waals surface area contributed by atoms with Crippen LogP contribution in [0.2, 0.25) is 5.02 Å². The molecule has 2 aromatic heterocycles. The molecule has 0 bridgehead atoms. The van der Waals surface area contributed by atoms with E-state index in [-0.39, 0.29) is 5.91 Å². The van der Waals surface area contributed by atoms with Crippen LogP contribution in [-0.4, -0.2) is 51.9 Å². The number of halogens is 1. The Morgan fingerprint density at radius 3 is 2.96 bits per heavy atom. The van der Waals surface area contributed by atoms with Crippen molar-refractivity contribution in [2.75, 3.05) is 26.2 Å². The third kappa shape index (κ3) is 4.07. The normalized spacial score (nSPS) is 16.3. The number of hydrogen-bond donors (Lipinski definition) is 0. The Morgan fingerprint density at radius 1 is 1.35 bits per heavy atom. The zero-order valence-corrected chi connectivity index (χ0v) is 14.6. The Balaban J connectivity index is 1.62. The van der Waals surface area contributed by atoms with Gasteiger partial charge in [-0.3, -0.25) is 14.7 Å². The molecule has 0 unspecified atom stereocenters. The molecule has 0 atom stereocenters. The number of carbonyl (C=O) groups excluding carboxylic acids is 1. The largest absolute Gasteiger partial charge is 0.337 e. The smallest absolute Gasteiger partial charge is 0.255 e. The number of nitrogens with zero attached hydrogens (tertiary/aromatic N) is 4. The highest BCUT2D eigenvalue weighted by atomic mass is 35.5. The van der Waals surface area contributed by atoms with Gasteiger partial charge in [0.15, 0.2) is 0 Å². The lowest BCUT2D eigenvalue weighted by Crippen LogP contribution is -2.35. The fraction of sp³-hybridized carbons (Fsp3) is 0.438. The van der Waals surface area contributed by atoms with Crippen LogP contribution in [0, 0.1) is 6.92 Å². The van der Waals surface area contributed by atoms with Crippen molar-refractivity contribution in [2.45, 2.75) is 19.9 Å². The van der Waals surface area contributed by atoms with E-state index < -0.39 is 0 Å². The van der Waals surface area contributed by atoms with Crippen molar-refractivity contribution >= 4 is 28.8 Å². The summed E-state index contributed by atoms with van der Waals surface area (Å²) in [6, 6.07) is 1.69. The SMILES string of the molecule is Cc1nc(CN2CCCN(C(=O)c3ccncc3Cl)CC2)cs1. The average molecular weight is 351 g/mol. The standard InChI is InChI=1S/C16H19ClN4OS/c1-12-19-13(11-23-12)10-20-5-2-6-21(8-7-20)16(22)14-3-4-18-9-15(14)17/h3-4,9,11H,2,5-8,10H2,1H3. The van der Waals surface area contributed by atoms with Crippen molar-refractivity contribution in [1.82, 2.24) is 19.8 Å². The van der Waals surface area contributed by atoms with E-state index in [0.29, 0.717) is 17.1 Å². The summed E-state index contributed by atoms with van der Waals surface area (Å²) in [6.07, 6.45) is 4.08. The van der Waals surface area contributed by atoms with E-state index in [4.69, 9.17) is 11.6 Å². The highest BCUT2D eigenvalue weighted by Crippen LogP contribution is 2.18. The number of rotatable bonds is 3. The van der Waals surface area contributed by atoms with Gasteiger partial charge in [-0.2, -0.15) is 0 Å². The molecule has 2 aromatic rings. The lowest BCUT2D eigenvalue weighted by atomic mass is 10.2. The van der Waals surface area contributed by atoms with Gasteiger partial charge in [0.1, 0.15) is 0 Å². The second kappa shape index (κ2) is 7.38. The molecule has 1 saturated heterocycles. The summed E-state index contributed by atoms with van der Waals surface area (Å²) in [5.74, 6) is -0.0104. The van der Waals surface area contributed by atoms with Crippen molar-refractivity contribution in [1.29, 1.82) is 0 Å². The molecule has 3 heterocycles. The first-order valence-electron chi connectivity index (χ1n) is 7.65. The van der Waals surface area contributed by atoms with E-state index in [9.17, 15) is 4.79 Å². The average Bonchev–Trinajstić information content (AvgIpc) is 2.81. The number of thiazole rings is 1. The highest BCUT2D eigenvalue weighted by Gasteiger charge is 2.22. The maximum Gasteiger partial charge on any atom is 0.255 e. The third-order valence-corrected chi connectivity index (χ3v) is 5.05. The van der Waals surface area contributed by atoms with Gasteiger partial charge in [-0.05, 0) is 19.4 Å². The molecule has 0 saturated carbocycles. The van der Waals surface area contributed by atoms with E-state index in [1.807, 2.05) is 11.8 Å². The minimum Gasteiger partial charge on any atom is -0.337 e. The Labute approximate surface area is 144 Å². The van der Waals surface area contributed by atoms with Gasteiger partial charge in [-0.15, -0.1) is 11.3 Å². The van der Waals surface area contributed by atoms with Crippen molar-refractivity contribution in [2.24, 2.45) is 0 Å². The van der Waals surface area contributed by atoms with Crippen LogP contribution >= 0.6 is 22.9 Å². The number of hydrogen-bond acceptors (Lipinski definition) is 5. The van der Waals surface area contributed by atoms with Gasteiger partial charge in [-0.1, -0.05) is 11.6 Å². The molecule has 0 N–H and O–H groups in total. The Morgan fingerprint density at radius 2 is 2.22 bits per heavy atom. The molecule has 122 valence electrons. The molecular formula is C16H19ClN4OS. The summed E-state index contributed by atoms with van der Waals surface area (Å²) in [5.41, 5.74) is 1.65. The lowest BCUT2D eigenvalue weighted by Gasteiger charge is -2.22. The van der Waals surface area contributed by atoms with E-state index in [2.05, 4.69) is 20.2 Å². The molecular weight excluding hydrogens is 332 g/mol. The van der Waals surface area contributed by atoms with Crippen molar-refractivity contribution in [3.8, 4) is 0 Å². The van der Waals surface area contributed by atoms with E-state index >= 15 is 0 Å². The summed E-state index contributed by atoms with van der Waals surface area (Å²) in [6.45, 7) is 6.16. The van der Waals surface area contributed by atoms with E-state index in [0.717, 1.165) is 43.3 Å². The van der Waals surface area contributed by atoms with Crippen LogP contribution in [0.3, 0.4) is 0 Å². The van der Waals surface area contributed by atoms with Gasteiger partial charge in [0, 0.05) is 50.5 Å². The van der Waals surface area contributed by atoms with Gasteiger partial charge >= 0.3 is 0 Å².